The molecule has 0 N–H and O–H groups in total. The normalized spacial score (nSPS) is 11.5. The minimum atomic E-state index is -0.332. The van der Waals surface area contributed by atoms with Crippen LogP contribution in [0.25, 0.3) is 4.96 Å². The molecule has 1 aromatic carbocycles. The number of benzene rings is 1. The number of rotatable bonds is 4. The molecule has 0 amide bonds. The zero-order valence-electron chi connectivity index (χ0n) is 12.7. The molecule has 3 rings (SSSR count). The minimum absolute atomic E-state index is 0.0962. The maximum absolute atomic E-state index is 13.8. The third-order valence-electron chi connectivity index (χ3n) is 3.55. The zero-order valence-corrected chi connectivity index (χ0v) is 14.3. The molecule has 0 spiro atoms. The van der Waals surface area contributed by atoms with Gasteiger partial charge in [0.25, 0.3) is 5.56 Å². The van der Waals surface area contributed by atoms with Gasteiger partial charge in [0.15, 0.2) is 4.96 Å². The smallest absolute Gasteiger partial charge is 0.259 e. The number of hydrogen-bond donors (Lipinski definition) is 0. The highest BCUT2D eigenvalue weighted by atomic mass is 35.5. The number of nitrogens with zero attached hydrogens (tertiary/aromatic N) is 3. The standard InChI is InChI=1S/C16H15ClFN3OS/c1-10-9-23-16-19-11(6-15(22)21(10)16)7-20(2)8-12-13(17)4-3-5-14(12)18/h3-6,9H,7-8H2,1-2H3. The van der Waals surface area contributed by atoms with E-state index in [1.54, 1.807) is 16.5 Å². The Morgan fingerprint density at radius 2 is 2.17 bits per heavy atom. The van der Waals surface area contributed by atoms with Gasteiger partial charge in [0.1, 0.15) is 5.82 Å². The molecule has 0 radical (unpaired) electrons. The van der Waals surface area contributed by atoms with Gasteiger partial charge in [-0.1, -0.05) is 17.7 Å². The van der Waals surface area contributed by atoms with Crippen molar-refractivity contribution < 1.29 is 4.39 Å². The molecule has 0 atom stereocenters. The Bertz CT molecular complexity index is 901. The molecule has 7 heteroatoms. The van der Waals surface area contributed by atoms with Crippen LogP contribution in [0.15, 0.2) is 34.4 Å². The average molecular weight is 352 g/mol. The third kappa shape index (κ3) is 3.29. The molecule has 0 bridgehead atoms. The third-order valence-corrected chi connectivity index (χ3v) is 4.85. The lowest BCUT2D eigenvalue weighted by atomic mass is 10.2. The first-order valence-electron chi connectivity index (χ1n) is 7.04. The van der Waals surface area contributed by atoms with Crippen LogP contribution in [0.3, 0.4) is 0 Å². The summed E-state index contributed by atoms with van der Waals surface area (Å²) in [5.41, 5.74) is 1.88. The molecule has 0 aliphatic rings. The molecule has 4 nitrogen and oxygen atoms in total. The zero-order chi connectivity index (χ0) is 16.6. The second-order valence-electron chi connectivity index (χ2n) is 5.45. The van der Waals surface area contributed by atoms with E-state index in [0.29, 0.717) is 34.3 Å². The van der Waals surface area contributed by atoms with Crippen molar-refractivity contribution in [1.29, 1.82) is 0 Å². The Hall–Kier alpha value is -1.76. The Morgan fingerprint density at radius 3 is 2.91 bits per heavy atom. The van der Waals surface area contributed by atoms with Gasteiger partial charge in [0, 0.05) is 40.8 Å². The summed E-state index contributed by atoms with van der Waals surface area (Å²) in [6.07, 6.45) is 0. The first kappa shape index (κ1) is 16.1. The van der Waals surface area contributed by atoms with Crippen molar-refractivity contribution in [3.8, 4) is 0 Å². The second-order valence-corrected chi connectivity index (χ2v) is 6.70. The van der Waals surface area contributed by atoms with E-state index in [-0.39, 0.29) is 11.4 Å². The lowest BCUT2D eigenvalue weighted by molar-refractivity contribution is 0.310. The summed E-state index contributed by atoms with van der Waals surface area (Å²) in [6.45, 7) is 2.65. The summed E-state index contributed by atoms with van der Waals surface area (Å²) >= 11 is 7.48. The molecule has 3 aromatic rings. The van der Waals surface area contributed by atoms with Crippen LogP contribution < -0.4 is 5.56 Å². The summed E-state index contributed by atoms with van der Waals surface area (Å²) in [6, 6.07) is 6.15. The van der Waals surface area contributed by atoms with E-state index in [1.165, 1.54) is 23.5 Å². The molecule has 2 aromatic heterocycles. The van der Waals surface area contributed by atoms with E-state index < -0.39 is 0 Å². The highest BCUT2D eigenvalue weighted by Gasteiger charge is 2.12. The topological polar surface area (TPSA) is 37.6 Å². The molecule has 0 saturated heterocycles. The van der Waals surface area contributed by atoms with Crippen LogP contribution in [0.4, 0.5) is 4.39 Å². The number of thiazole rings is 1. The lowest BCUT2D eigenvalue weighted by Gasteiger charge is -2.17. The Morgan fingerprint density at radius 1 is 1.39 bits per heavy atom. The fourth-order valence-electron chi connectivity index (χ4n) is 2.47. The number of aromatic nitrogens is 2. The van der Waals surface area contributed by atoms with Crippen molar-refractivity contribution in [1.82, 2.24) is 14.3 Å². The van der Waals surface area contributed by atoms with Crippen LogP contribution in [0, 0.1) is 12.7 Å². The van der Waals surface area contributed by atoms with Crippen LogP contribution in [0.5, 0.6) is 0 Å². The van der Waals surface area contributed by atoms with Crippen LogP contribution in [-0.4, -0.2) is 21.3 Å². The van der Waals surface area contributed by atoms with E-state index in [4.69, 9.17) is 11.6 Å². The molecule has 23 heavy (non-hydrogen) atoms. The summed E-state index contributed by atoms with van der Waals surface area (Å²) < 4.78 is 15.4. The van der Waals surface area contributed by atoms with Crippen LogP contribution in [0.2, 0.25) is 5.02 Å². The maximum atomic E-state index is 13.8. The van der Waals surface area contributed by atoms with Crippen LogP contribution >= 0.6 is 22.9 Å². The van der Waals surface area contributed by atoms with Crippen LogP contribution in [0.1, 0.15) is 17.0 Å². The van der Waals surface area contributed by atoms with Crippen molar-refractivity contribution in [2.24, 2.45) is 0 Å². The predicted molar refractivity (Wildman–Crippen MR) is 90.7 cm³/mol. The average Bonchev–Trinajstić information content (AvgIpc) is 2.85. The van der Waals surface area contributed by atoms with E-state index in [1.807, 2.05) is 24.3 Å². The Balaban J connectivity index is 1.83. The van der Waals surface area contributed by atoms with Crippen molar-refractivity contribution in [2.45, 2.75) is 20.0 Å². The maximum Gasteiger partial charge on any atom is 0.259 e. The summed E-state index contributed by atoms with van der Waals surface area (Å²) in [5, 5.41) is 2.30. The fourth-order valence-corrected chi connectivity index (χ4v) is 3.58. The van der Waals surface area contributed by atoms with Gasteiger partial charge in [-0.3, -0.25) is 14.1 Å². The first-order valence-corrected chi connectivity index (χ1v) is 8.29. The van der Waals surface area contributed by atoms with Gasteiger partial charge < -0.3 is 0 Å². The first-order chi connectivity index (χ1) is 11.0. The van der Waals surface area contributed by atoms with Crippen molar-refractivity contribution in [3.63, 3.8) is 0 Å². The predicted octanol–water partition coefficient (Wildman–Crippen LogP) is 3.49. The van der Waals surface area contributed by atoms with E-state index in [9.17, 15) is 9.18 Å². The number of hydrogen-bond acceptors (Lipinski definition) is 4. The Kier molecular flexibility index (Phi) is 4.48. The molecule has 0 aliphatic carbocycles. The summed E-state index contributed by atoms with van der Waals surface area (Å²) in [7, 11) is 1.84. The van der Waals surface area contributed by atoms with E-state index in [0.717, 1.165) is 5.69 Å². The molecule has 0 unspecified atom stereocenters. The minimum Gasteiger partial charge on any atom is -0.296 e. The quantitative estimate of drug-likeness (QED) is 0.722. The molecule has 0 saturated carbocycles. The molecule has 2 heterocycles. The fraction of sp³-hybridized carbons (Fsp3) is 0.250. The van der Waals surface area contributed by atoms with Crippen molar-refractivity contribution >= 4 is 27.9 Å². The molecule has 0 fully saturated rings. The molecular weight excluding hydrogens is 337 g/mol. The number of halogens is 2. The largest absolute Gasteiger partial charge is 0.296 e. The molecule has 120 valence electrons. The van der Waals surface area contributed by atoms with Gasteiger partial charge in [-0.15, -0.1) is 11.3 Å². The number of aryl methyl sites for hydroxylation is 1. The Labute approximate surface area is 141 Å². The van der Waals surface area contributed by atoms with Crippen molar-refractivity contribution in [3.05, 3.63) is 67.8 Å². The molecular formula is C16H15ClFN3OS. The lowest BCUT2D eigenvalue weighted by Crippen LogP contribution is -2.22. The molecule has 0 aliphatic heterocycles. The van der Waals surface area contributed by atoms with Gasteiger partial charge in [-0.05, 0) is 26.1 Å². The van der Waals surface area contributed by atoms with Gasteiger partial charge in [0.05, 0.1) is 5.69 Å². The SMILES string of the molecule is Cc1csc2nc(CN(C)Cc3c(F)cccc3Cl)cc(=O)n12. The van der Waals surface area contributed by atoms with Crippen LogP contribution in [-0.2, 0) is 13.1 Å². The van der Waals surface area contributed by atoms with E-state index in [2.05, 4.69) is 4.98 Å². The second kappa shape index (κ2) is 6.39. The van der Waals surface area contributed by atoms with Gasteiger partial charge in [-0.25, -0.2) is 9.37 Å². The van der Waals surface area contributed by atoms with Gasteiger partial charge in [0.2, 0.25) is 0 Å². The highest BCUT2D eigenvalue weighted by Crippen LogP contribution is 2.21. The highest BCUT2D eigenvalue weighted by molar-refractivity contribution is 7.15. The van der Waals surface area contributed by atoms with Gasteiger partial charge >= 0.3 is 0 Å². The summed E-state index contributed by atoms with van der Waals surface area (Å²) in [4.78, 5) is 19.2. The monoisotopic (exact) mass is 351 g/mol. The summed E-state index contributed by atoms with van der Waals surface area (Å²) in [5.74, 6) is -0.332. The van der Waals surface area contributed by atoms with Gasteiger partial charge in [-0.2, -0.15) is 0 Å². The number of fused-ring (bicyclic) bond motifs is 1. The van der Waals surface area contributed by atoms with Crippen molar-refractivity contribution in [2.75, 3.05) is 7.05 Å². The van der Waals surface area contributed by atoms with E-state index >= 15 is 0 Å².